The third kappa shape index (κ3) is 6.47. The second-order valence-electron chi connectivity index (χ2n) is 5.06. The molecule has 2 aromatic rings. The Morgan fingerprint density at radius 3 is 3.04 bits per heavy atom. The number of hydrogen-bond donors (Lipinski definition) is 3. The third-order valence-corrected chi connectivity index (χ3v) is 4.09. The molecule has 0 saturated carbocycles. The zero-order valence-corrected chi connectivity index (χ0v) is 14.0. The molecule has 0 fully saturated rings. The fourth-order valence-corrected chi connectivity index (χ4v) is 2.67. The van der Waals surface area contributed by atoms with Gasteiger partial charge in [-0.3, -0.25) is 9.78 Å². The summed E-state index contributed by atoms with van der Waals surface area (Å²) in [6.07, 6.45) is 5.25. The summed E-state index contributed by atoms with van der Waals surface area (Å²) < 4.78 is 5.18. The van der Waals surface area contributed by atoms with E-state index in [2.05, 4.69) is 10.3 Å². The van der Waals surface area contributed by atoms with E-state index in [-0.39, 0.29) is 24.8 Å². The van der Waals surface area contributed by atoms with E-state index in [0.29, 0.717) is 17.9 Å². The fourth-order valence-electron chi connectivity index (χ4n) is 1.91. The number of aliphatic hydroxyl groups excluding tert-OH is 2. The number of amides is 1. The van der Waals surface area contributed by atoms with Crippen molar-refractivity contribution in [2.75, 3.05) is 12.3 Å². The van der Waals surface area contributed by atoms with Crippen LogP contribution in [-0.4, -0.2) is 33.4 Å². The molecule has 3 N–H and O–H groups in total. The van der Waals surface area contributed by atoms with Crippen LogP contribution in [0.1, 0.15) is 17.0 Å². The summed E-state index contributed by atoms with van der Waals surface area (Å²) in [7, 11) is 0. The van der Waals surface area contributed by atoms with Crippen LogP contribution in [0.25, 0.3) is 0 Å². The van der Waals surface area contributed by atoms with Gasteiger partial charge in [-0.25, -0.2) is 0 Å². The van der Waals surface area contributed by atoms with E-state index in [9.17, 15) is 9.90 Å². The summed E-state index contributed by atoms with van der Waals surface area (Å²) in [5.74, 6) is 1.69. The van der Waals surface area contributed by atoms with Gasteiger partial charge in [0.2, 0.25) is 5.91 Å². The van der Waals surface area contributed by atoms with E-state index in [4.69, 9.17) is 9.52 Å². The molecule has 2 aromatic heterocycles. The van der Waals surface area contributed by atoms with Gasteiger partial charge in [0, 0.05) is 18.3 Å². The van der Waals surface area contributed by atoms with Crippen LogP contribution in [-0.2, 0) is 23.6 Å². The van der Waals surface area contributed by atoms with E-state index in [1.54, 1.807) is 30.7 Å². The van der Waals surface area contributed by atoms with Gasteiger partial charge in [-0.1, -0.05) is 0 Å². The van der Waals surface area contributed by atoms with Gasteiger partial charge < -0.3 is 19.9 Å². The van der Waals surface area contributed by atoms with Crippen molar-refractivity contribution in [3.8, 4) is 0 Å². The maximum absolute atomic E-state index is 11.7. The van der Waals surface area contributed by atoms with Gasteiger partial charge in [-0.05, 0) is 35.9 Å². The van der Waals surface area contributed by atoms with E-state index in [0.717, 1.165) is 17.0 Å². The molecular weight excluding hydrogens is 328 g/mol. The number of carbonyl (C=O) groups is 1. The normalized spacial score (nSPS) is 11.5. The lowest BCUT2D eigenvalue weighted by atomic mass is 10.2. The van der Waals surface area contributed by atoms with Gasteiger partial charge in [0.1, 0.15) is 11.5 Å². The maximum atomic E-state index is 11.7. The van der Waals surface area contributed by atoms with E-state index in [1.165, 1.54) is 11.8 Å². The fraction of sp³-hybridized carbons (Fsp3) is 0.294. The van der Waals surface area contributed by atoms with Crippen molar-refractivity contribution >= 4 is 17.7 Å². The summed E-state index contributed by atoms with van der Waals surface area (Å²) >= 11 is 1.44. The lowest BCUT2D eigenvalue weighted by Crippen LogP contribution is -2.27. The quantitative estimate of drug-likeness (QED) is 0.601. The van der Waals surface area contributed by atoms with Crippen LogP contribution in [0.5, 0.6) is 0 Å². The highest BCUT2D eigenvalue weighted by Gasteiger charge is 2.04. The first-order valence-corrected chi connectivity index (χ1v) is 8.62. The standard InChI is InChI=1S/C17H20N2O4S/c20-10-13-5-6-18-14(8-13)3-4-15(21)9-19-17(22)12-24-11-16-2-1-7-23-16/h1-2,4-8,20-21H,3,9-12H2,(H,19,22)/b15-4-. The van der Waals surface area contributed by atoms with Crippen LogP contribution >= 0.6 is 11.8 Å². The molecule has 1 amide bonds. The number of hydrogen-bond acceptors (Lipinski definition) is 6. The molecule has 7 heteroatoms. The lowest BCUT2D eigenvalue weighted by Gasteiger charge is -2.05. The number of nitrogens with one attached hydrogen (secondary N) is 1. The zero-order valence-electron chi connectivity index (χ0n) is 13.1. The summed E-state index contributed by atoms with van der Waals surface area (Å²) in [5, 5.41) is 21.5. The Hall–Kier alpha value is -2.25. The van der Waals surface area contributed by atoms with Gasteiger partial charge >= 0.3 is 0 Å². The van der Waals surface area contributed by atoms with Crippen LogP contribution in [0.3, 0.4) is 0 Å². The first-order chi connectivity index (χ1) is 11.7. The average Bonchev–Trinajstić information content (AvgIpc) is 3.11. The molecule has 0 bridgehead atoms. The molecule has 0 aromatic carbocycles. The van der Waals surface area contributed by atoms with Crippen molar-refractivity contribution in [2.24, 2.45) is 0 Å². The van der Waals surface area contributed by atoms with E-state index >= 15 is 0 Å². The summed E-state index contributed by atoms with van der Waals surface area (Å²) in [5.41, 5.74) is 1.52. The second-order valence-corrected chi connectivity index (χ2v) is 6.05. The molecule has 0 aliphatic rings. The number of allylic oxidation sites excluding steroid dienone is 1. The minimum absolute atomic E-state index is 0.0447. The van der Waals surface area contributed by atoms with Gasteiger partial charge in [0.05, 0.1) is 30.9 Å². The van der Waals surface area contributed by atoms with Crippen molar-refractivity contribution < 1.29 is 19.4 Å². The third-order valence-electron chi connectivity index (χ3n) is 3.13. The Bertz CT molecular complexity index is 671. The average molecular weight is 348 g/mol. The van der Waals surface area contributed by atoms with Crippen molar-refractivity contribution in [1.29, 1.82) is 0 Å². The van der Waals surface area contributed by atoms with Gasteiger partial charge in [-0.2, -0.15) is 0 Å². The number of aromatic nitrogens is 1. The minimum atomic E-state index is -0.146. The highest BCUT2D eigenvalue weighted by atomic mass is 32.2. The van der Waals surface area contributed by atoms with Crippen LogP contribution in [0.2, 0.25) is 0 Å². The second kappa shape index (κ2) is 9.79. The number of nitrogens with zero attached hydrogens (tertiary/aromatic N) is 1. The van der Waals surface area contributed by atoms with E-state index in [1.807, 2.05) is 12.1 Å². The van der Waals surface area contributed by atoms with Crippen molar-refractivity contribution in [3.05, 3.63) is 65.6 Å². The Morgan fingerprint density at radius 1 is 1.42 bits per heavy atom. The number of pyridine rings is 1. The number of carbonyl (C=O) groups excluding carboxylic acids is 1. The topological polar surface area (TPSA) is 95.6 Å². The number of furan rings is 1. The highest BCUT2D eigenvalue weighted by Crippen LogP contribution is 2.11. The highest BCUT2D eigenvalue weighted by molar-refractivity contribution is 7.99. The molecule has 2 heterocycles. The molecule has 0 aliphatic carbocycles. The Kier molecular flexibility index (Phi) is 7.38. The van der Waals surface area contributed by atoms with Crippen LogP contribution in [0, 0.1) is 0 Å². The SMILES string of the molecule is O=C(CSCc1ccco1)NC/C(O)=C/Cc1cc(CO)ccn1. The largest absolute Gasteiger partial charge is 0.511 e. The smallest absolute Gasteiger partial charge is 0.230 e. The van der Waals surface area contributed by atoms with Crippen LogP contribution in [0.15, 0.2) is 53.0 Å². The van der Waals surface area contributed by atoms with Crippen molar-refractivity contribution in [2.45, 2.75) is 18.8 Å². The number of aliphatic hydroxyl groups is 2. The molecule has 0 radical (unpaired) electrons. The predicted octanol–water partition coefficient (Wildman–Crippen LogP) is 2.20. The van der Waals surface area contributed by atoms with Crippen molar-refractivity contribution in [3.63, 3.8) is 0 Å². The molecule has 0 atom stereocenters. The Labute approximate surface area is 144 Å². The van der Waals surface area contributed by atoms with Crippen molar-refractivity contribution in [1.82, 2.24) is 10.3 Å². The molecule has 24 heavy (non-hydrogen) atoms. The molecule has 0 unspecified atom stereocenters. The molecule has 0 saturated heterocycles. The molecular formula is C17H20N2O4S. The molecule has 128 valence electrons. The summed E-state index contributed by atoms with van der Waals surface area (Å²) in [6, 6.07) is 7.17. The van der Waals surface area contributed by atoms with E-state index < -0.39 is 0 Å². The first-order valence-electron chi connectivity index (χ1n) is 7.47. The van der Waals surface area contributed by atoms with Crippen LogP contribution < -0.4 is 5.32 Å². The Balaban J connectivity index is 1.67. The molecule has 0 spiro atoms. The molecule has 6 nitrogen and oxygen atoms in total. The molecule has 0 aliphatic heterocycles. The Morgan fingerprint density at radius 2 is 2.29 bits per heavy atom. The minimum Gasteiger partial charge on any atom is -0.511 e. The lowest BCUT2D eigenvalue weighted by molar-refractivity contribution is -0.118. The molecule has 2 rings (SSSR count). The predicted molar refractivity (Wildman–Crippen MR) is 92.5 cm³/mol. The van der Waals surface area contributed by atoms with Crippen LogP contribution in [0.4, 0.5) is 0 Å². The summed E-state index contributed by atoms with van der Waals surface area (Å²) in [4.78, 5) is 15.8. The summed E-state index contributed by atoms with van der Waals surface area (Å²) in [6.45, 7) is 0.0385. The number of thioether (sulfide) groups is 1. The number of rotatable bonds is 9. The monoisotopic (exact) mass is 348 g/mol. The first kappa shape index (κ1) is 18.1. The van der Waals surface area contributed by atoms with Gasteiger partial charge in [-0.15, -0.1) is 11.8 Å². The maximum Gasteiger partial charge on any atom is 0.230 e. The van der Waals surface area contributed by atoms with Gasteiger partial charge in [0.15, 0.2) is 0 Å². The zero-order chi connectivity index (χ0) is 17.2. The van der Waals surface area contributed by atoms with Gasteiger partial charge in [0.25, 0.3) is 0 Å².